The third-order valence-corrected chi connectivity index (χ3v) is 2.84. The molecule has 1 rings (SSSR count). The topological polar surface area (TPSA) is 79.2 Å². The molecule has 5 nitrogen and oxygen atoms in total. The van der Waals surface area contributed by atoms with Gasteiger partial charge in [0.2, 0.25) is 5.91 Å². The van der Waals surface area contributed by atoms with Gasteiger partial charge in [-0.3, -0.25) is 9.59 Å². The molecule has 0 spiro atoms. The Balaban J connectivity index is 2.80. The van der Waals surface area contributed by atoms with E-state index >= 15 is 0 Å². The highest BCUT2D eigenvalue weighted by Gasteiger charge is 2.28. The minimum atomic E-state index is -1.38. The molecule has 0 heterocycles. The van der Waals surface area contributed by atoms with E-state index < -0.39 is 17.6 Å². The molecule has 0 saturated carbocycles. The molecule has 20 heavy (non-hydrogen) atoms. The average molecular weight is 295 g/mol. The summed E-state index contributed by atoms with van der Waals surface area (Å²) in [4.78, 5) is 24.0. The number of carbonyl (C=O) groups is 2. The van der Waals surface area contributed by atoms with Crippen LogP contribution in [-0.4, -0.2) is 31.4 Å². The molecule has 1 amide bonds. The summed E-state index contributed by atoms with van der Waals surface area (Å²) in [6, 6.07) is 7.50. The van der Waals surface area contributed by atoms with Gasteiger partial charge in [0.1, 0.15) is 0 Å². The minimum absolute atomic E-state index is 0.274. The molecule has 0 aliphatic heterocycles. The van der Waals surface area contributed by atoms with Gasteiger partial charge in [0, 0.05) is 23.7 Å². The number of benzene rings is 1. The van der Waals surface area contributed by atoms with E-state index in [1.165, 1.54) is 31.4 Å². The molecular formula is C14H15ClN2O3. The van der Waals surface area contributed by atoms with E-state index in [0.717, 1.165) is 0 Å². The number of ether oxygens (including phenoxy) is 1. The highest BCUT2D eigenvalue weighted by atomic mass is 35.5. The van der Waals surface area contributed by atoms with Gasteiger partial charge in [0.25, 0.3) is 0 Å². The van der Waals surface area contributed by atoms with Gasteiger partial charge in [-0.2, -0.15) is 5.26 Å². The fourth-order valence-electron chi connectivity index (χ4n) is 1.63. The molecule has 2 atom stereocenters. The molecule has 0 aliphatic carbocycles. The van der Waals surface area contributed by atoms with Gasteiger partial charge in [0.05, 0.1) is 12.7 Å². The summed E-state index contributed by atoms with van der Waals surface area (Å²) in [7, 11) is 1.50. The number of nitrogens with one attached hydrogen (secondary N) is 1. The summed E-state index contributed by atoms with van der Waals surface area (Å²) >= 11 is 5.73. The number of hydrogen-bond donors (Lipinski definition) is 1. The van der Waals surface area contributed by atoms with Crippen LogP contribution < -0.4 is 5.32 Å². The first-order valence-corrected chi connectivity index (χ1v) is 6.36. The smallest absolute Gasteiger partial charge is 0.245 e. The van der Waals surface area contributed by atoms with E-state index in [1.54, 1.807) is 13.0 Å². The van der Waals surface area contributed by atoms with Gasteiger partial charge in [-0.05, 0) is 31.2 Å². The van der Waals surface area contributed by atoms with Crippen molar-refractivity contribution in [3.8, 4) is 6.07 Å². The SMILES string of the molecule is COC[C@H](C)NC(=O)[C@H](C#N)C(=O)c1ccc(Cl)cc1. The highest BCUT2D eigenvalue weighted by molar-refractivity contribution is 6.30. The Bertz CT molecular complexity index is 522. The first-order valence-electron chi connectivity index (χ1n) is 5.98. The molecule has 0 fully saturated rings. The van der Waals surface area contributed by atoms with Crippen LogP contribution in [0.5, 0.6) is 0 Å². The quantitative estimate of drug-likeness (QED) is 0.641. The van der Waals surface area contributed by atoms with Crippen molar-refractivity contribution in [1.29, 1.82) is 5.26 Å². The molecule has 1 N–H and O–H groups in total. The number of carbonyl (C=O) groups excluding carboxylic acids is 2. The minimum Gasteiger partial charge on any atom is -0.383 e. The van der Waals surface area contributed by atoms with Crippen molar-refractivity contribution in [3.63, 3.8) is 0 Å². The van der Waals surface area contributed by atoms with Crippen molar-refractivity contribution in [1.82, 2.24) is 5.32 Å². The molecule has 0 radical (unpaired) electrons. The van der Waals surface area contributed by atoms with Gasteiger partial charge in [-0.25, -0.2) is 0 Å². The summed E-state index contributed by atoms with van der Waals surface area (Å²) in [5, 5.41) is 12.1. The van der Waals surface area contributed by atoms with Crippen LogP contribution in [-0.2, 0) is 9.53 Å². The second-order valence-electron chi connectivity index (χ2n) is 4.30. The summed E-state index contributed by atoms with van der Waals surface area (Å²) in [5.41, 5.74) is 0.274. The van der Waals surface area contributed by atoms with Crippen molar-refractivity contribution < 1.29 is 14.3 Å². The second-order valence-corrected chi connectivity index (χ2v) is 4.73. The number of halogens is 1. The molecular weight excluding hydrogens is 280 g/mol. The standard InChI is InChI=1S/C14H15ClN2O3/c1-9(8-20-2)17-14(19)12(7-16)13(18)10-3-5-11(15)6-4-10/h3-6,9,12H,8H2,1-2H3,(H,17,19)/t9-,12+/m0/s1. The van der Waals surface area contributed by atoms with Crippen LogP contribution >= 0.6 is 11.6 Å². The van der Waals surface area contributed by atoms with Gasteiger partial charge in [-0.1, -0.05) is 11.6 Å². The highest BCUT2D eigenvalue weighted by Crippen LogP contribution is 2.13. The zero-order valence-electron chi connectivity index (χ0n) is 11.2. The van der Waals surface area contributed by atoms with Gasteiger partial charge in [-0.15, -0.1) is 0 Å². The summed E-state index contributed by atoms with van der Waals surface area (Å²) in [6.07, 6.45) is 0. The maximum atomic E-state index is 12.1. The van der Waals surface area contributed by atoms with Crippen molar-refractivity contribution >= 4 is 23.3 Å². The summed E-state index contributed by atoms with van der Waals surface area (Å²) < 4.78 is 4.88. The van der Waals surface area contributed by atoms with E-state index in [0.29, 0.717) is 11.6 Å². The average Bonchev–Trinajstić information content (AvgIpc) is 2.40. The van der Waals surface area contributed by atoms with E-state index in [-0.39, 0.29) is 11.6 Å². The zero-order valence-corrected chi connectivity index (χ0v) is 12.0. The predicted molar refractivity (Wildman–Crippen MR) is 74.4 cm³/mol. The Hall–Kier alpha value is -1.90. The number of nitriles is 1. The maximum Gasteiger partial charge on any atom is 0.245 e. The van der Waals surface area contributed by atoms with Crippen molar-refractivity contribution in [3.05, 3.63) is 34.9 Å². The number of ketones is 1. The monoisotopic (exact) mass is 294 g/mol. The van der Waals surface area contributed by atoms with Crippen LogP contribution in [0.3, 0.4) is 0 Å². The van der Waals surface area contributed by atoms with Gasteiger partial charge >= 0.3 is 0 Å². The fraction of sp³-hybridized carbons (Fsp3) is 0.357. The largest absolute Gasteiger partial charge is 0.383 e. The molecule has 0 aromatic heterocycles. The predicted octanol–water partition coefficient (Wildman–Crippen LogP) is 1.81. The van der Waals surface area contributed by atoms with Crippen molar-refractivity contribution in [2.75, 3.05) is 13.7 Å². The lowest BCUT2D eigenvalue weighted by molar-refractivity contribution is -0.123. The van der Waals surface area contributed by atoms with E-state index in [2.05, 4.69) is 5.32 Å². The van der Waals surface area contributed by atoms with E-state index in [1.807, 2.05) is 0 Å². The number of rotatable bonds is 6. The lowest BCUT2D eigenvalue weighted by Gasteiger charge is -2.15. The van der Waals surface area contributed by atoms with Crippen molar-refractivity contribution in [2.24, 2.45) is 5.92 Å². The molecule has 0 unspecified atom stereocenters. The fourth-order valence-corrected chi connectivity index (χ4v) is 1.76. The molecule has 6 heteroatoms. The second kappa shape index (κ2) is 7.63. The maximum absolute atomic E-state index is 12.1. The molecule has 1 aromatic rings. The van der Waals surface area contributed by atoms with Crippen LogP contribution in [0.15, 0.2) is 24.3 Å². The van der Waals surface area contributed by atoms with Crippen LogP contribution in [0.25, 0.3) is 0 Å². The third kappa shape index (κ3) is 4.34. The van der Waals surface area contributed by atoms with Gasteiger partial charge < -0.3 is 10.1 Å². The number of hydrogen-bond acceptors (Lipinski definition) is 4. The lowest BCUT2D eigenvalue weighted by Crippen LogP contribution is -2.41. The Labute approximate surface area is 122 Å². The van der Waals surface area contributed by atoms with Crippen LogP contribution in [0.4, 0.5) is 0 Å². The molecule has 106 valence electrons. The number of Topliss-reactive ketones (excluding diaryl/α,β-unsaturated/α-hetero) is 1. The Morgan fingerprint density at radius 2 is 2.00 bits per heavy atom. The number of nitrogens with zero attached hydrogens (tertiary/aromatic N) is 1. The molecule has 0 aliphatic rings. The van der Waals surface area contributed by atoms with Crippen LogP contribution in [0.2, 0.25) is 5.02 Å². The van der Waals surface area contributed by atoms with Crippen molar-refractivity contribution in [2.45, 2.75) is 13.0 Å². The van der Waals surface area contributed by atoms with Crippen LogP contribution in [0, 0.1) is 17.2 Å². The Morgan fingerprint density at radius 1 is 1.40 bits per heavy atom. The van der Waals surface area contributed by atoms with Gasteiger partial charge in [0.15, 0.2) is 11.7 Å². The van der Waals surface area contributed by atoms with E-state index in [9.17, 15) is 9.59 Å². The van der Waals surface area contributed by atoms with E-state index in [4.69, 9.17) is 21.6 Å². The molecule has 0 saturated heterocycles. The van der Waals surface area contributed by atoms with Crippen LogP contribution in [0.1, 0.15) is 17.3 Å². The zero-order chi connectivity index (χ0) is 15.1. The lowest BCUT2D eigenvalue weighted by atomic mass is 9.98. The normalized spacial score (nSPS) is 13.1. The first-order chi connectivity index (χ1) is 9.49. The molecule has 0 bridgehead atoms. The number of methoxy groups -OCH3 is 1. The first kappa shape index (κ1) is 16.2. The number of amides is 1. The Kier molecular flexibility index (Phi) is 6.16. The summed E-state index contributed by atoms with van der Waals surface area (Å²) in [5.74, 6) is -2.56. The summed E-state index contributed by atoms with van der Waals surface area (Å²) in [6.45, 7) is 2.03. The Morgan fingerprint density at radius 3 is 2.50 bits per heavy atom. The molecule has 1 aromatic carbocycles. The third-order valence-electron chi connectivity index (χ3n) is 2.59.